The van der Waals surface area contributed by atoms with Crippen molar-refractivity contribution in [1.29, 1.82) is 0 Å². The molecule has 1 aliphatic rings. The van der Waals surface area contributed by atoms with Crippen LogP contribution in [-0.2, 0) is 11.2 Å². The van der Waals surface area contributed by atoms with Crippen LogP contribution in [0, 0.1) is 0 Å². The first-order valence-corrected chi connectivity index (χ1v) is 6.08. The second-order valence-corrected chi connectivity index (χ2v) is 4.95. The molecule has 3 N–H and O–H groups in total. The number of thiazole rings is 1. The molecular formula is C10H17N3OS. The Labute approximate surface area is 93.8 Å². The fourth-order valence-electron chi connectivity index (χ4n) is 2.15. The number of hydrazine groups is 1. The van der Waals surface area contributed by atoms with Gasteiger partial charge in [0.25, 0.3) is 0 Å². The highest BCUT2D eigenvalue weighted by Crippen LogP contribution is 2.39. The summed E-state index contributed by atoms with van der Waals surface area (Å²) in [6.45, 7) is 0. The summed E-state index contributed by atoms with van der Waals surface area (Å²) in [6, 6.07) is 0.169. The van der Waals surface area contributed by atoms with Gasteiger partial charge in [0.05, 0.1) is 16.7 Å². The Bertz CT molecular complexity index is 292. The topological polar surface area (TPSA) is 60.2 Å². The van der Waals surface area contributed by atoms with E-state index in [9.17, 15) is 0 Å². The van der Waals surface area contributed by atoms with Crippen molar-refractivity contribution in [3.63, 3.8) is 0 Å². The molecule has 1 saturated carbocycles. The monoisotopic (exact) mass is 227 g/mol. The molecule has 0 amide bonds. The average Bonchev–Trinajstić information content (AvgIpc) is 2.68. The molecule has 1 aliphatic carbocycles. The zero-order chi connectivity index (χ0) is 10.7. The van der Waals surface area contributed by atoms with E-state index in [1.54, 1.807) is 18.4 Å². The molecule has 1 fully saturated rings. The Morgan fingerprint density at radius 2 is 2.53 bits per heavy atom. The molecule has 0 aliphatic heterocycles. The minimum absolute atomic E-state index is 0.0690. The van der Waals surface area contributed by atoms with E-state index in [1.165, 1.54) is 6.42 Å². The SMILES string of the molecule is COC1(C(Cc2nccs2)NN)CCC1. The molecule has 5 heteroatoms. The Kier molecular flexibility index (Phi) is 3.35. The van der Waals surface area contributed by atoms with Crippen LogP contribution in [0.2, 0.25) is 0 Å². The van der Waals surface area contributed by atoms with E-state index in [0.717, 1.165) is 24.3 Å². The molecule has 0 aromatic carbocycles. The predicted molar refractivity (Wildman–Crippen MR) is 60.5 cm³/mol. The number of nitrogens with one attached hydrogen (secondary N) is 1. The first-order valence-electron chi connectivity index (χ1n) is 5.20. The Hall–Kier alpha value is -0.490. The van der Waals surface area contributed by atoms with Gasteiger partial charge in [-0.05, 0) is 19.3 Å². The second kappa shape index (κ2) is 4.57. The zero-order valence-corrected chi connectivity index (χ0v) is 9.72. The highest BCUT2D eigenvalue weighted by atomic mass is 32.1. The molecule has 15 heavy (non-hydrogen) atoms. The number of nitrogens with zero attached hydrogens (tertiary/aromatic N) is 1. The fourth-order valence-corrected chi connectivity index (χ4v) is 2.81. The maximum atomic E-state index is 5.61. The van der Waals surface area contributed by atoms with Gasteiger partial charge in [-0.3, -0.25) is 11.3 Å². The highest BCUT2D eigenvalue weighted by molar-refractivity contribution is 7.09. The third-order valence-corrected chi connectivity index (χ3v) is 4.11. The molecule has 1 atom stereocenters. The molecule has 1 heterocycles. The van der Waals surface area contributed by atoms with E-state index in [-0.39, 0.29) is 11.6 Å². The summed E-state index contributed by atoms with van der Waals surface area (Å²) >= 11 is 1.67. The molecule has 1 unspecified atom stereocenters. The molecule has 0 bridgehead atoms. The molecule has 84 valence electrons. The van der Waals surface area contributed by atoms with Gasteiger partial charge in [0, 0.05) is 25.1 Å². The molecule has 1 aromatic rings. The Balaban J connectivity index is 2.03. The quantitative estimate of drug-likeness (QED) is 0.584. The summed E-state index contributed by atoms with van der Waals surface area (Å²) < 4.78 is 5.61. The van der Waals surface area contributed by atoms with E-state index >= 15 is 0 Å². The van der Waals surface area contributed by atoms with Crippen LogP contribution >= 0.6 is 11.3 Å². The van der Waals surface area contributed by atoms with Crippen LogP contribution < -0.4 is 11.3 Å². The Morgan fingerprint density at radius 3 is 2.93 bits per heavy atom. The Morgan fingerprint density at radius 1 is 1.73 bits per heavy atom. The lowest BCUT2D eigenvalue weighted by Gasteiger charge is -2.46. The molecule has 2 rings (SSSR count). The van der Waals surface area contributed by atoms with Crippen molar-refractivity contribution in [2.75, 3.05) is 7.11 Å². The molecule has 0 radical (unpaired) electrons. The largest absolute Gasteiger partial charge is 0.377 e. The van der Waals surface area contributed by atoms with E-state index in [1.807, 2.05) is 11.6 Å². The number of hydrogen-bond donors (Lipinski definition) is 2. The standard InChI is InChI=1S/C10H17N3OS/c1-14-10(3-2-4-10)8(13-11)7-9-12-5-6-15-9/h5-6,8,13H,2-4,7,11H2,1H3. The maximum absolute atomic E-state index is 5.61. The lowest BCUT2D eigenvalue weighted by Crippen LogP contribution is -2.59. The minimum Gasteiger partial charge on any atom is -0.377 e. The van der Waals surface area contributed by atoms with Crippen LogP contribution in [0.25, 0.3) is 0 Å². The molecule has 4 nitrogen and oxygen atoms in total. The van der Waals surface area contributed by atoms with Gasteiger partial charge in [-0.15, -0.1) is 11.3 Å². The summed E-state index contributed by atoms with van der Waals surface area (Å²) in [5.74, 6) is 5.61. The number of methoxy groups -OCH3 is 1. The average molecular weight is 227 g/mol. The first kappa shape index (κ1) is 11.0. The van der Waals surface area contributed by atoms with Crippen LogP contribution in [-0.4, -0.2) is 23.7 Å². The number of ether oxygens (including phenoxy) is 1. The van der Waals surface area contributed by atoms with Crippen molar-refractivity contribution < 1.29 is 4.74 Å². The number of hydrogen-bond acceptors (Lipinski definition) is 5. The van der Waals surface area contributed by atoms with Crippen LogP contribution in [0.3, 0.4) is 0 Å². The first-order chi connectivity index (χ1) is 7.30. The van der Waals surface area contributed by atoms with Gasteiger partial charge in [0.2, 0.25) is 0 Å². The third kappa shape index (κ3) is 2.06. The third-order valence-electron chi connectivity index (χ3n) is 3.30. The van der Waals surface area contributed by atoms with Crippen LogP contribution in [0.15, 0.2) is 11.6 Å². The minimum atomic E-state index is -0.0690. The van der Waals surface area contributed by atoms with Crippen LogP contribution in [0.1, 0.15) is 24.3 Å². The zero-order valence-electron chi connectivity index (χ0n) is 8.90. The van der Waals surface area contributed by atoms with Gasteiger partial charge in [-0.2, -0.15) is 0 Å². The van der Waals surface area contributed by atoms with Crippen molar-refractivity contribution in [2.45, 2.75) is 37.3 Å². The molecular weight excluding hydrogens is 210 g/mol. The lowest BCUT2D eigenvalue weighted by atomic mass is 9.73. The van der Waals surface area contributed by atoms with Crippen molar-refractivity contribution >= 4 is 11.3 Å². The van der Waals surface area contributed by atoms with E-state index in [0.29, 0.717) is 0 Å². The van der Waals surface area contributed by atoms with E-state index in [2.05, 4.69) is 10.4 Å². The normalized spacial score (nSPS) is 20.9. The van der Waals surface area contributed by atoms with Gasteiger partial charge in [-0.1, -0.05) is 0 Å². The van der Waals surface area contributed by atoms with E-state index < -0.39 is 0 Å². The summed E-state index contributed by atoms with van der Waals surface area (Å²) in [7, 11) is 1.77. The van der Waals surface area contributed by atoms with Gasteiger partial charge in [-0.25, -0.2) is 4.98 Å². The summed E-state index contributed by atoms with van der Waals surface area (Å²) in [6.07, 6.45) is 6.08. The maximum Gasteiger partial charge on any atom is 0.0942 e. The van der Waals surface area contributed by atoms with Crippen LogP contribution in [0.4, 0.5) is 0 Å². The molecule has 0 saturated heterocycles. The summed E-state index contributed by atoms with van der Waals surface area (Å²) in [4.78, 5) is 4.28. The van der Waals surface area contributed by atoms with Gasteiger partial charge in [0.15, 0.2) is 0 Å². The van der Waals surface area contributed by atoms with E-state index in [4.69, 9.17) is 10.6 Å². The number of aromatic nitrogens is 1. The van der Waals surface area contributed by atoms with Crippen LogP contribution in [0.5, 0.6) is 0 Å². The molecule has 1 aromatic heterocycles. The van der Waals surface area contributed by atoms with Gasteiger partial charge < -0.3 is 4.74 Å². The van der Waals surface area contributed by atoms with Crippen molar-refractivity contribution in [2.24, 2.45) is 5.84 Å². The van der Waals surface area contributed by atoms with Gasteiger partial charge in [0.1, 0.15) is 0 Å². The van der Waals surface area contributed by atoms with Crippen molar-refractivity contribution in [3.8, 4) is 0 Å². The van der Waals surface area contributed by atoms with Gasteiger partial charge >= 0.3 is 0 Å². The van der Waals surface area contributed by atoms with Crippen molar-refractivity contribution in [1.82, 2.24) is 10.4 Å². The number of nitrogens with two attached hydrogens (primary N) is 1. The lowest BCUT2D eigenvalue weighted by molar-refractivity contribution is -0.0982. The summed E-state index contributed by atoms with van der Waals surface area (Å²) in [5, 5.41) is 3.10. The second-order valence-electron chi connectivity index (χ2n) is 3.97. The van der Waals surface area contributed by atoms with Crippen molar-refractivity contribution in [3.05, 3.63) is 16.6 Å². The summed E-state index contributed by atoms with van der Waals surface area (Å²) in [5.41, 5.74) is 2.81. The number of rotatable bonds is 5. The molecule has 0 spiro atoms. The highest BCUT2D eigenvalue weighted by Gasteiger charge is 2.44. The smallest absolute Gasteiger partial charge is 0.0942 e. The fraction of sp³-hybridized carbons (Fsp3) is 0.700. The predicted octanol–water partition coefficient (Wildman–Crippen LogP) is 1.09.